The minimum Gasteiger partial charge on any atom is -0.394 e. The molecule has 3 heterocycles. The predicted octanol–water partition coefficient (Wildman–Crippen LogP) is 1.27. The molecule has 7 rings (SSSR count). The van der Waals surface area contributed by atoms with Crippen molar-refractivity contribution in [3.8, 4) is 0 Å². The summed E-state index contributed by atoms with van der Waals surface area (Å²) in [5.74, 6) is 3.79. The first-order chi connectivity index (χ1) is 29.9. The molecule has 16 heteroatoms. The van der Waals surface area contributed by atoms with E-state index in [-0.39, 0.29) is 16.9 Å². The van der Waals surface area contributed by atoms with Gasteiger partial charge in [0.1, 0.15) is 73.2 Å². The minimum atomic E-state index is -1.88. The molecule has 3 aliphatic heterocycles. The van der Waals surface area contributed by atoms with Crippen LogP contribution in [0, 0.1) is 52.3 Å². The molecular formula is C47H78O16. The van der Waals surface area contributed by atoms with Crippen molar-refractivity contribution in [2.24, 2.45) is 52.3 Å². The SMILES string of the molecule is CCC(/C=C/C(C)C1CCC2C3=CCC4CC(OC5OC(CO)C(O)C(O)C5OC5OC(CO)C(O)C(O)C5OC5OC(CO)C(O)C(O)C5O)CCC4(C)C3CCC21C)C(C)C. The number of rotatable bonds is 14. The van der Waals surface area contributed by atoms with Gasteiger partial charge < -0.3 is 79.5 Å². The maximum Gasteiger partial charge on any atom is 0.187 e. The lowest BCUT2D eigenvalue weighted by atomic mass is 9.47. The van der Waals surface area contributed by atoms with Crippen LogP contribution in [0.15, 0.2) is 23.8 Å². The van der Waals surface area contributed by atoms with Gasteiger partial charge in [0.15, 0.2) is 18.9 Å². The predicted molar refractivity (Wildman–Crippen MR) is 226 cm³/mol. The average molecular weight is 899 g/mol. The molecule has 0 bridgehead atoms. The molecular weight excluding hydrogens is 821 g/mol. The Balaban J connectivity index is 1.06. The maximum atomic E-state index is 11.5. The molecule has 0 amide bonds. The van der Waals surface area contributed by atoms with Crippen LogP contribution in [0.25, 0.3) is 0 Å². The minimum absolute atomic E-state index is 0.0638. The van der Waals surface area contributed by atoms with E-state index in [2.05, 4.69) is 59.8 Å². The van der Waals surface area contributed by atoms with Gasteiger partial charge in [-0.25, -0.2) is 0 Å². The lowest BCUT2D eigenvalue weighted by Gasteiger charge is -2.58. The lowest BCUT2D eigenvalue weighted by Crippen LogP contribution is -2.67. The Bertz CT molecular complexity index is 1560. The van der Waals surface area contributed by atoms with Crippen molar-refractivity contribution in [3.05, 3.63) is 23.8 Å². The summed E-state index contributed by atoms with van der Waals surface area (Å²) in [6, 6.07) is 0. The van der Waals surface area contributed by atoms with Crippen LogP contribution in [-0.2, 0) is 28.4 Å². The Hall–Kier alpha value is -1.16. The number of aliphatic hydroxyl groups is 10. The summed E-state index contributed by atoms with van der Waals surface area (Å²) in [4.78, 5) is 0. The van der Waals surface area contributed by atoms with Gasteiger partial charge >= 0.3 is 0 Å². The van der Waals surface area contributed by atoms with Crippen molar-refractivity contribution in [2.45, 2.75) is 198 Å². The zero-order valence-electron chi connectivity index (χ0n) is 37.9. The van der Waals surface area contributed by atoms with Gasteiger partial charge in [-0.3, -0.25) is 0 Å². The molecule has 3 saturated carbocycles. The summed E-state index contributed by atoms with van der Waals surface area (Å²) >= 11 is 0. The highest BCUT2D eigenvalue weighted by Gasteiger charge is 2.59. The molecule has 0 aromatic heterocycles. The second kappa shape index (κ2) is 20.2. The third-order valence-corrected chi connectivity index (χ3v) is 17.1. The molecule has 10 N–H and O–H groups in total. The van der Waals surface area contributed by atoms with Crippen LogP contribution in [0.2, 0.25) is 0 Å². The molecule has 0 aromatic carbocycles. The monoisotopic (exact) mass is 899 g/mol. The number of hydrogen-bond donors (Lipinski definition) is 10. The average Bonchev–Trinajstić information content (AvgIpc) is 3.63. The molecule has 7 aliphatic rings. The van der Waals surface area contributed by atoms with Gasteiger partial charge in [0, 0.05) is 0 Å². The molecule has 63 heavy (non-hydrogen) atoms. The van der Waals surface area contributed by atoms with Crippen LogP contribution in [-0.4, -0.2) is 169 Å². The zero-order valence-corrected chi connectivity index (χ0v) is 37.9. The lowest BCUT2D eigenvalue weighted by molar-refractivity contribution is -0.396. The van der Waals surface area contributed by atoms with Gasteiger partial charge in [-0.05, 0) is 110 Å². The fraction of sp³-hybridized carbons (Fsp3) is 0.915. The first-order valence-electron chi connectivity index (χ1n) is 23.8. The fourth-order valence-electron chi connectivity index (χ4n) is 13.1. The van der Waals surface area contributed by atoms with E-state index < -0.39 is 112 Å². The van der Waals surface area contributed by atoms with E-state index >= 15 is 0 Å². The van der Waals surface area contributed by atoms with Crippen LogP contribution in [0.3, 0.4) is 0 Å². The Morgan fingerprint density at radius 1 is 0.635 bits per heavy atom. The quantitative estimate of drug-likeness (QED) is 0.110. The molecule has 16 nitrogen and oxygen atoms in total. The van der Waals surface area contributed by atoms with Crippen LogP contribution in [0.5, 0.6) is 0 Å². The molecule has 3 saturated heterocycles. The first kappa shape index (κ1) is 49.7. The summed E-state index contributed by atoms with van der Waals surface area (Å²) in [6.45, 7) is 12.2. The Labute approximate surface area is 372 Å². The molecule has 0 aromatic rings. The third-order valence-electron chi connectivity index (χ3n) is 17.1. The van der Waals surface area contributed by atoms with Gasteiger partial charge in [0.05, 0.1) is 25.9 Å². The molecule has 4 aliphatic carbocycles. The van der Waals surface area contributed by atoms with Crippen molar-refractivity contribution >= 4 is 0 Å². The standard InChI is InChI=1S/C47H78O16/c1-7-24(22(2)3)9-8-23(4)28-12-13-29-27-11-10-25-18-26(14-16-46(25,5)30(27)15-17-47(28,29)6)58-44-41(38(55)35(52)32(20-49)60-44)63-45-42(39(56)36(53)33(21-50)61-45)62-43-40(57)37(54)34(51)31(19-48)59-43/h8-9,11,22-26,28-45,48-57H,7,10,12-21H2,1-6H3/b9-8+. The molecule has 24 atom stereocenters. The van der Waals surface area contributed by atoms with E-state index in [1.165, 1.54) is 19.3 Å². The normalized spacial score (nSPS) is 50.1. The van der Waals surface area contributed by atoms with Crippen LogP contribution in [0.4, 0.5) is 0 Å². The van der Waals surface area contributed by atoms with E-state index in [4.69, 9.17) is 28.4 Å². The van der Waals surface area contributed by atoms with E-state index in [0.29, 0.717) is 54.3 Å². The molecule has 24 unspecified atom stereocenters. The number of ether oxygens (including phenoxy) is 6. The Morgan fingerprint density at radius 2 is 1.16 bits per heavy atom. The van der Waals surface area contributed by atoms with Gasteiger partial charge in [0.25, 0.3) is 0 Å². The van der Waals surface area contributed by atoms with E-state index in [1.54, 1.807) is 5.57 Å². The highest BCUT2D eigenvalue weighted by molar-refractivity contribution is 5.28. The van der Waals surface area contributed by atoms with Crippen molar-refractivity contribution in [1.29, 1.82) is 0 Å². The van der Waals surface area contributed by atoms with Crippen molar-refractivity contribution in [3.63, 3.8) is 0 Å². The summed E-state index contributed by atoms with van der Waals surface area (Å²) in [5.41, 5.74) is 1.99. The molecule has 0 spiro atoms. The molecule has 362 valence electrons. The first-order valence-corrected chi connectivity index (χ1v) is 23.8. The van der Waals surface area contributed by atoms with Gasteiger partial charge in [0.2, 0.25) is 0 Å². The summed E-state index contributed by atoms with van der Waals surface area (Å²) in [6.07, 6.45) is -8.14. The summed E-state index contributed by atoms with van der Waals surface area (Å²) in [5, 5.41) is 106. The molecule has 0 radical (unpaired) electrons. The second-order valence-corrected chi connectivity index (χ2v) is 20.9. The Morgan fingerprint density at radius 3 is 1.73 bits per heavy atom. The number of allylic oxidation sites excluding steroid dienone is 4. The number of hydrogen-bond acceptors (Lipinski definition) is 16. The van der Waals surface area contributed by atoms with Crippen molar-refractivity contribution in [1.82, 2.24) is 0 Å². The van der Waals surface area contributed by atoms with Crippen LogP contribution < -0.4 is 0 Å². The highest BCUT2D eigenvalue weighted by atomic mass is 16.8. The number of fused-ring (bicyclic) bond motifs is 5. The molecule has 6 fully saturated rings. The summed E-state index contributed by atoms with van der Waals surface area (Å²) < 4.78 is 36.1. The third kappa shape index (κ3) is 9.38. The summed E-state index contributed by atoms with van der Waals surface area (Å²) in [7, 11) is 0. The zero-order chi connectivity index (χ0) is 45.7. The van der Waals surface area contributed by atoms with Crippen molar-refractivity contribution < 1.29 is 79.5 Å². The fourth-order valence-corrected chi connectivity index (χ4v) is 13.1. The second-order valence-electron chi connectivity index (χ2n) is 20.9. The van der Waals surface area contributed by atoms with Gasteiger partial charge in [-0.15, -0.1) is 0 Å². The van der Waals surface area contributed by atoms with Gasteiger partial charge in [-0.1, -0.05) is 65.3 Å². The topological polar surface area (TPSA) is 258 Å². The largest absolute Gasteiger partial charge is 0.394 e. The van der Waals surface area contributed by atoms with E-state index in [9.17, 15) is 51.1 Å². The smallest absolute Gasteiger partial charge is 0.187 e. The van der Waals surface area contributed by atoms with Crippen molar-refractivity contribution in [2.75, 3.05) is 19.8 Å². The van der Waals surface area contributed by atoms with Crippen LogP contribution in [0.1, 0.15) is 99.3 Å². The van der Waals surface area contributed by atoms with Crippen LogP contribution >= 0.6 is 0 Å². The Kier molecular flexibility index (Phi) is 16.0. The van der Waals surface area contributed by atoms with E-state index in [0.717, 1.165) is 25.7 Å². The van der Waals surface area contributed by atoms with Gasteiger partial charge in [-0.2, -0.15) is 0 Å². The van der Waals surface area contributed by atoms with E-state index in [1.807, 2.05) is 0 Å². The maximum absolute atomic E-state index is 11.5. The highest BCUT2D eigenvalue weighted by Crippen LogP contribution is 2.67. The number of aliphatic hydroxyl groups excluding tert-OH is 10.